The van der Waals surface area contributed by atoms with Crippen LogP contribution in [0.1, 0.15) is 32.3 Å². The van der Waals surface area contributed by atoms with Crippen LogP contribution >= 0.6 is 0 Å². The van der Waals surface area contributed by atoms with Crippen LogP contribution in [0.25, 0.3) is 0 Å². The van der Waals surface area contributed by atoms with Gasteiger partial charge in [-0.05, 0) is 56.9 Å². The van der Waals surface area contributed by atoms with E-state index in [-0.39, 0.29) is 0 Å². The van der Waals surface area contributed by atoms with Gasteiger partial charge in [0.15, 0.2) is 0 Å². The maximum absolute atomic E-state index is 5.92. The molecule has 0 aromatic heterocycles. The van der Waals surface area contributed by atoms with Crippen LogP contribution < -0.4 is 4.74 Å². The van der Waals surface area contributed by atoms with E-state index in [0.717, 1.165) is 5.75 Å². The third-order valence-corrected chi connectivity index (χ3v) is 3.76. The number of ether oxygens (including phenoxy) is 1. The van der Waals surface area contributed by atoms with Crippen LogP contribution in [0, 0.1) is 12.8 Å². The summed E-state index contributed by atoms with van der Waals surface area (Å²) < 4.78 is 5.92. The Kier molecular flexibility index (Phi) is 3.90. The zero-order valence-corrected chi connectivity index (χ0v) is 11.6. The lowest BCUT2D eigenvalue weighted by atomic mass is 9.94. The minimum absolute atomic E-state index is 0.523. The lowest BCUT2D eigenvalue weighted by molar-refractivity contribution is 0.340. The van der Waals surface area contributed by atoms with Crippen LogP contribution in [-0.2, 0) is 0 Å². The Hall–Kier alpha value is -1.50. The zero-order chi connectivity index (χ0) is 13.1. The molecule has 1 aliphatic rings. The first-order chi connectivity index (χ1) is 8.58. The van der Waals surface area contributed by atoms with Gasteiger partial charge < -0.3 is 4.74 Å². The molecule has 1 aliphatic carbocycles. The first-order valence-corrected chi connectivity index (χ1v) is 6.61. The van der Waals surface area contributed by atoms with Crippen molar-refractivity contribution < 1.29 is 4.74 Å². The third kappa shape index (κ3) is 2.84. The van der Waals surface area contributed by atoms with E-state index in [1.54, 1.807) is 0 Å². The Morgan fingerprint density at radius 1 is 1.39 bits per heavy atom. The molecule has 0 radical (unpaired) electrons. The maximum atomic E-state index is 5.92. The standard InChI is InChI=1S/C17H22O/c1-12(2)16-9-8-14(4)17(16)11-18-15-7-5-6-13(3)10-15/h5-7,10,16H,1,8-9,11H2,2-4H3/t16-/m0/s1. The molecule has 1 nitrogen and oxygen atoms in total. The SMILES string of the molecule is C=C(C)[C@@H]1CCC(C)=C1COc1cccc(C)c1. The number of rotatable bonds is 4. The highest BCUT2D eigenvalue weighted by molar-refractivity contribution is 5.31. The molecule has 96 valence electrons. The number of hydrogen-bond acceptors (Lipinski definition) is 1. The van der Waals surface area contributed by atoms with Crippen molar-refractivity contribution in [3.8, 4) is 5.75 Å². The van der Waals surface area contributed by atoms with Crippen molar-refractivity contribution in [1.29, 1.82) is 0 Å². The van der Waals surface area contributed by atoms with Crippen molar-refractivity contribution >= 4 is 0 Å². The van der Waals surface area contributed by atoms with Crippen LogP contribution in [0.4, 0.5) is 0 Å². The quantitative estimate of drug-likeness (QED) is 0.697. The Morgan fingerprint density at radius 3 is 2.83 bits per heavy atom. The number of hydrogen-bond donors (Lipinski definition) is 0. The molecule has 0 spiro atoms. The minimum Gasteiger partial charge on any atom is -0.489 e. The molecule has 1 atom stereocenters. The second-order valence-electron chi connectivity index (χ2n) is 5.35. The fraction of sp³-hybridized carbons (Fsp3) is 0.412. The van der Waals surface area contributed by atoms with Crippen molar-refractivity contribution in [1.82, 2.24) is 0 Å². The molecule has 0 bridgehead atoms. The van der Waals surface area contributed by atoms with Crippen molar-refractivity contribution in [2.45, 2.75) is 33.6 Å². The van der Waals surface area contributed by atoms with Crippen LogP contribution in [-0.4, -0.2) is 6.61 Å². The zero-order valence-electron chi connectivity index (χ0n) is 11.6. The van der Waals surface area contributed by atoms with Crippen molar-refractivity contribution in [3.05, 3.63) is 53.1 Å². The second-order valence-corrected chi connectivity index (χ2v) is 5.35. The topological polar surface area (TPSA) is 9.23 Å². The largest absolute Gasteiger partial charge is 0.489 e. The first-order valence-electron chi connectivity index (χ1n) is 6.61. The van der Waals surface area contributed by atoms with E-state index >= 15 is 0 Å². The maximum Gasteiger partial charge on any atom is 0.120 e. The van der Waals surface area contributed by atoms with Gasteiger partial charge in [-0.1, -0.05) is 29.9 Å². The van der Waals surface area contributed by atoms with Gasteiger partial charge in [0, 0.05) is 5.92 Å². The molecule has 0 saturated heterocycles. The molecular weight excluding hydrogens is 220 g/mol. The summed E-state index contributed by atoms with van der Waals surface area (Å²) in [6.07, 6.45) is 2.39. The summed E-state index contributed by atoms with van der Waals surface area (Å²) in [6, 6.07) is 8.23. The van der Waals surface area contributed by atoms with Gasteiger partial charge in [0.05, 0.1) is 0 Å². The van der Waals surface area contributed by atoms with E-state index in [2.05, 4.69) is 39.5 Å². The van der Waals surface area contributed by atoms with Gasteiger partial charge in [-0.25, -0.2) is 0 Å². The van der Waals surface area contributed by atoms with Crippen molar-refractivity contribution in [2.75, 3.05) is 6.61 Å². The molecule has 0 heterocycles. The molecule has 2 rings (SSSR count). The Bertz CT molecular complexity index is 482. The lowest BCUT2D eigenvalue weighted by Gasteiger charge is -2.16. The van der Waals surface area contributed by atoms with Gasteiger partial charge in [0.25, 0.3) is 0 Å². The Labute approximate surface area is 110 Å². The van der Waals surface area contributed by atoms with Gasteiger partial charge in [0.2, 0.25) is 0 Å². The van der Waals surface area contributed by atoms with Crippen LogP contribution in [0.5, 0.6) is 5.75 Å². The predicted molar refractivity (Wildman–Crippen MR) is 76.9 cm³/mol. The fourth-order valence-electron chi connectivity index (χ4n) is 2.63. The number of aryl methyl sites for hydroxylation is 1. The molecule has 1 aromatic carbocycles. The minimum atomic E-state index is 0.523. The van der Waals surface area contributed by atoms with Crippen molar-refractivity contribution in [2.24, 2.45) is 5.92 Å². The van der Waals surface area contributed by atoms with E-state index in [0.29, 0.717) is 12.5 Å². The average Bonchev–Trinajstić information content (AvgIpc) is 2.68. The molecule has 0 amide bonds. The fourth-order valence-corrected chi connectivity index (χ4v) is 2.63. The molecular formula is C17H22O. The molecule has 0 aliphatic heterocycles. The van der Waals surface area contributed by atoms with E-state index in [1.165, 1.54) is 35.1 Å². The lowest BCUT2D eigenvalue weighted by Crippen LogP contribution is -2.09. The molecule has 0 fully saturated rings. The van der Waals surface area contributed by atoms with Crippen LogP contribution in [0.15, 0.2) is 47.6 Å². The highest BCUT2D eigenvalue weighted by Crippen LogP contribution is 2.36. The summed E-state index contributed by atoms with van der Waals surface area (Å²) in [5.74, 6) is 1.48. The van der Waals surface area contributed by atoms with Gasteiger partial charge >= 0.3 is 0 Å². The molecule has 18 heavy (non-hydrogen) atoms. The Balaban J connectivity index is 2.05. The number of benzene rings is 1. The summed E-state index contributed by atoms with van der Waals surface area (Å²) >= 11 is 0. The van der Waals surface area contributed by atoms with Crippen LogP contribution in [0.2, 0.25) is 0 Å². The second kappa shape index (κ2) is 5.43. The summed E-state index contributed by atoms with van der Waals surface area (Å²) in [4.78, 5) is 0. The molecule has 0 N–H and O–H groups in total. The summed E-state index contributed by atoms with van der Waals surface area (Å²) in [5, 5.41) is 0. The van der Waals surface area contributed by atoms with Gasteiger partial charge in [-0.15, -0.1) is 0 Å². The van der Waals surface area contributed by atoms with E-state index in [9.17, 15) is 0 Å². The highest BCUT2D eigenvalue weighted by Gasteiger charge is 2.23. The number of allylic oxidation sites excluding steroid dienone is 2. The predicted octanol–water partition coefficient (Wildman–Crippen LogP) is 4.68. The van der Waals surface area contributed by atoms with Crippen molar-refractivity contribution in [3.63, 3.8) is 0 Å². The average molecular weight is 242 g/mol. The van der Waals surface area contributed by atoms with Gasteiger partial charge in [-0.3, -0.25) is 0 Å². The smallest absolute Gasteiger partial charge is 0.120 e. The molecule has 0 unspecified atom stereocenters. The highest BCUT2D eigenvalue weighted by atomic mass is 16.5. The molecule has 0 saturated carbocycles. The monoisotopic (exact) mass is 242 g/mol. The molecule has 1 aromatic rings. The first kappa shape index (κ1) is 12.9. The summed E-state index contributed by atoms with van der Waals surface area (Å²) in [5.41, 5.74) is 5.41. The summed E-state index contributed by atoms with van der Waals surface area (Å²) in [6.45, 7) is 11.2. The summed E-state index contributed by atoms with van der Waals surface area (Å²) in [7, 11) is 0. The van der Waals surface area contributed by atoms with Gasteiger partial charge in [-0.2, -0.15) is 0 Å². The van der Waals surface area contributed by atoms with E-state index in [1.807, 2.05) is 12.1 Å². The van der Waals surface area contributed by atoms with Gasteiger partial charge in [0.1, 0.15) is 12.4 Å². The third-order valence-electron chi connectivity index (χ3n) is 3.76. The van der Waals surface area contributed by atoms with E-state index < -0.39 is 0 Å². The normalized spacial score (nSPS) is 19.2. The van der Waals surface area contributed by atoms with Crippen LogP contribution in [0.3, 0.4) is 0 Å². The molecule has 1 heteroatoms. The Morgan fingerprint density at radius 2 is 2.17 bits per heavy atom. The van der Waals surface area contributed by atoms with E-state index in [4.69, 9.17) is 4.74 Å².